The first-order valence-corrected chi connectivity index (χ1v) is 7.19. The first kappa shape index (κ1) is 17.3. The summed E-state index contributed by atoms with van der Waals surface area (Å²) in [6, 6.07) is 3.26. The summed E-state index contributed by atoms with van der Waals surface area (Å²) in [6.45, 7) is 1.82. The number of nitrogens with zero attached hydrogens (tertiary/aromatic N) is 3. The first-order valence-electron chi connectivity index (χ1n) is 7.19. The third-order valence-corrected chi connectivity index (χ3v) is 3.41. The zero-order chi connectivity index (χ0) is 18.0. The van der Waals surface area contributed by atoms with Crippen LogP contribution in [0.5, 0.6) is 0 Å². The van der Waals surface area contributed by atoms with Crippen LogP contribution in [0.4, 0.5) is 17.6 Å². The minimum Gasteiger partial charge on any atom is -0.379 e. The second-order valence-electron chi connectivity index (χ2n) is 5.16. The molecule has 1 aromatic carbocycles. The lowest BCUT2D eigenvalue weighted by molar-refractivity contribution is -0.159. The number of ether oxygens (including phenoxy) is 1. The molecule has 1 fully saturated rings. The van der Waals surface area contributed by atoms with Crippen LogP contribution >= 0.6 is 0 Å². The molecule has 0 spiro atoms. The van der Waals surface area contributed by atoms with Crippen LogP contribution < -0.4 is 5.43 Å². The normalized spacial score (nSPS) is 16.0. The minimum atomic E-state index is -4.79. The predicted molar refractivity (Wildman–Crippen MR) is 74.6 cm³/mol. The Labute approximate surface area is 138 Å². The van der Waals surface area contributed by atoms with Crippen LogP contribution in [-0.2, 0) is 10.9 Å². The summed E-state index contributed by atoms with van der Waals surface area (Å²) in [5.41, 5.74) is 2.24. The molecule has 11 heteroatoms. The van der Waals surface area contributed by atoms with E-state index in [1.54, 1.807) is 5.01 Å². The Morgan fingerprint density at radius 2 is 1.96 bits per heavy atom. The molecule has 3 rings (SSSR count). The average Bonchev–Trinajstić information content (AvgIpc) is 3.06. The summed E-state index contributed by atoms with van der Waals surface area (Å²) >= 11 is 0. The number of amides is 1. The summed E-state index contributed by atoms with van der Waals surface area (Å²) in [4.78, 5) is 15.3. The average molecular weight is 360 g/mol. The largest absolute Gasteiger partial charge is 0.471 e. The van der Waals surface area contributed by atoms with Crippen LogP contribution in [0, 0.1) is 5.82 Å². The lowest BCUT2D eigenvalue weighted by Gasteiger charge is -2.26. The fourth-order valence-electron chi connectivity index (χ4n) is 2.17. The molecule has 1 amide bonds. The highest BCUT2D eigenvalue weighted by Gasteiger charge is 2.38. The summed E-state index contributed by atoms with van der Waals surface area (Å²) < 4.78 is 60.8. The van der Waals surface area contributed by atoms with E-state index in [1.165, 1.54) is 6.07 Å². The van der Waals surface area contributed by atoms with Crippen molar-refractivity contribution < 1.29 is 31.6 Å². The van der Waals surface area contributed by atoms with Gasteiger partial charge in [0.25, 0.3) is 5.91 Å². The molecule has 1 aliphatic rings. The highest BCUT2D eigenvalue weighted by Crippen LogP contribution is 2.29. The molecule has 0 unspecified atom stereocenters. The van der Waals surface area contributed by atoms with Crippen molar-refractivity contribution in [3.63, 3.8) is 0 Å². The van der Waals surface area contributed by atoms with Gasteiger partial charge in [-0.05, 0) is 12.1 Å². The van der Waals surface area contributed by atoms with Gasteiger partial charge in [0, 0.05) is 18.7 Å². The number of carbonyl (C=O) groups is 1. The van der Waals surface area contributed by atoms with Gasteiger partial charge in [-0.3, -0.25) is 10.2 Å². The molecule has 0 atom stereocenters. The summed E-state index contributed by atoms with van der Waals surface area (Å²) in [5.74, 6) is -3.54. The molecule has 7 nitrogen and oxygen atoms in total. The molecule has 2 heterocycles. The van der Waals surface area contributed by atoms with E-state index in [4.69, 9.17) is 4.74 Å². The Hall–Kier alpha value is -2.53. The highest BCUT2D eigenvalue weighted by atomic mass is 19.4. The topological polar surface area (TPSA) is 80.5 Å². The summed E-state index contributed by atoms with van der Waals surface area (Å²) in [7, 11) is 0. The molecule has 1 N–H and O–H groups in total. The van der Waals surface area contributed by atoms with Gasteiger partial charge in [-0.25, -0.2) is 9.40 Å². The molecule has 1 aromatic heterocycles. The number of aromatic nitrogens is 2. The van der Waals surface area contributed by atoms with Crippen LogP contribution in [0.3, 0.4) is 0 Å². The monoisotopic (exact) mass is 360 g/mol. The van der Waals surface area contributed by atoms with E-state index >= 15 is 0 Å². The van der Waals surface area contributed by atoms with Crippen LogP contribution in [0.15, 0.2) is 22.7 Å². The van der Waals surface area contributed by atoms with Gasteiger partial charge in [0.1, 0.15) is 5.82 Å². The third-order valence-electron chi connectivity index (χ3n) is 3.41. The van der Waals surface area contributed by atoms with Crippen molar-refractivity contribution in [1.29, 1.82) is 0 Å². The maximum absolute atomic E-state index is 14.2. The van der Waals surface area contributed by atoms with E-state index < -0.39 is 29.6 Å². The summed E-state index contributed by atoms with van der Waals surface area (Å²) in [6.07, 6.45) is -4.79. The van der Waals surface area contributed by atoms with Gasteiger partial charge < -0.3 is 9.26 Å². The van der Waals surface area contributed by atoms with Gasteiger partial charge in [-0.15, -0.1) is 0 Å². The van der Waals surface area contributed by atoms with E-state index in [-0.39, 0.29) is 11.1 Å². The molecule has 2 aromatic rings. The Bertz CT molecular complexity index is 772. The lowest BCUT2D eigenvalue weighted by atomic mass is 10.1. The van der Waals surface area contributed by atoms with Gasteiger partial charge in [0.15, 0.2) is 0 Å². The zero-order valence-corrected chi connectivity index (χ0v) is 12.6. The van der Waals surface area contributed by atoms with Crippen molar-refractivity contribution in [3.05, 3.63) is 35.5 Å². The standard InChI is InChI=1S/C14H12F4N4O3/c15-10-7-8(11-19-13(25-21-11)14(16,17)18)1-2-9(10)12(23)20-22-3-5-24-6-4-22/h1-2,7H,3-6H2,(H,20,23). The third kappa shape index (κ3) is 3.94. The Morgan fingerprint density at radius 3 is 2.56 bits per heavy atom. The van der Waals surface area contributed by atoms with Crippen LogP contribution in [-0.4, -0.2) is 47.4 Å². The molecule has 1 aliphatic heterocycles. The number of benzene rings is 1. The Balaban J connectivity index is 1.76. The number of rotatable bonds is 3. The van der Waals surface area contributed by atoms with Crippen LogP contribution in [0.1, 0.15) is 16.2 Å². The van der Waals surface area contributed by atoms with Crippen LogP contribution in [0.2, 0.25) is 0 Å². The molecule has 25 heavy (non-hydrogen) atoms. The maximum Gasteiger partial charge on any atom is 0.471 e. The molecule has 0 aliphatic carbocycles. The molecule has 0 saturated carbocycles. The fraction of sp³-hybridized carbons (Fsp3) is 0.357. The molecule has 0 radical (unpaired) electrons. The number of hydrazine groups is 1. The van der Waals surface area contributed by atoms with Gasteiger partial charge in [-0.2, -0.15) is 18.2 Å². The molecular weight excluding hydrogens is 348 g/mol. The molecular formula is C14H12F4N4O3. The van der Waals surface area contributed by atoms with E-state index in [0.717, 1.165) is 12.1 Å². The Morgan fingerprint density at radius 1 is 1.24 bits per heavy atom. The van der Waals surface area contributed by atoms with Gasteiger partial charge >= 0.3 is 12.1 Å². The van der Waals surface area contributed by atoms with Crippen molar-refractivity contribution in [2.24, 2.45) is 0 Å². The number of halogens is 4. The first-order chi connectivity index (χ1) is 11.8. The van der Waals surface area contributed by atoms with E-state index in [9.17, 15) is 22.4 Å². The van der Waals surface area contributed by atoms with Gasteiger partial charge in [0.2, 0.25) is 5.82 Å². The summed E-state index contributed by atoms with van der Waals surface area (Å²) in [5, 5.41) is 4.76. The van der Waals surface area contributed by atoms with Gasteiger partial charge in [0.05, 0.1) is 18.8 Å². The van der Waals surface area contributed by atoms with Crippen LogP contribution in [0.25, 0.3) is 11.4 Å². The number of hydrogen-bond acceptors (Lipinski definition) is 6. The van der Waals surface area contributed by atoms with Gasteiger partial charge in [-0.1, -0.05) is 11.2 Å². The fourth-order valence-corrected chi connectivity index (χ4v) is 2.17. The number of carbonyl (C=O) groups excluding carboxylic acids is 1. The quantitative estimate of drug-likeness (QED) is 0.842. The van der Waals surface area contributed by atoms with Crippen molar-refractivity contribution >= 4 is 5.91 Å². The maximum atomic E-state index is 14.2. The van der Waals surface area contributed by atoms with Crippen molar-refractivity contribution in [2.45, 2.75) is 6.18 Å². The van der Waals surface area contributed by atoms with E-state index in [0.29, 0.717) is 26.3 Å². The number of alkyl halides is 3. The SMILES string of the molecule is O=C(NN1CCOCC1)c1ccc(-c2noc(C(F)(F)F)n2)cc1F. The highest BCUT2D eigenvalue weighted by molar-refractivity contribution is 5.94. The van der Waals surface area contributed by atoms with E-state index in [1.807, 2.05) is 0 Å². The second kappa shape index (κ2) is 6.76. The Kier molecular flexibility index (Phi) is 4.68. The van der Waals surface area contributed by atoms with Crippen molar-refractivity contribution in [2.75, 3.05) is 26.3 Å². The number of nitrogens with one attached hydrogen (secondary N) is 1. The predicted octanol–water partition coefficient (Wildman–Crippen LogP) is 1.87. The number of morpholine rings is 1. The molecule has 134 valence electrons. The number of hydrogen-bond donors (Lipinski definition) is 1. The molecule has 0 bridgehead atoms. The lowest BCUT2D eigenvalue weighted by Crippen LogP contribution is -2.48. The van der Waals surface area contributed by atoms with E-state index in [2.05, 4.69) is 20.1 Å². The second-order valence-corrected chi connectivity index (χ2v) is 5.16. The minimum absolute atomic E-state index is 0.0420. The smallest absolute Gasteiger partial charge is 0.379 e. The zero-order valence-electron chi connectivity index (χ0n) is 12.6. The van der Waals surface area contributed by atoms with Crippen molar-refractivity contribution in [3.8, 4) is 11.4 Å². The molecule has 1 saturated heterocycles. The van der Waals surface area contributed by atoms with Crippen molar-refractivity contribution in [1.82, 2.24) is 20.6 Å².